The standard InChI is InChI=1S/C18H22N2O5/c1-10-3-5-12(8-13(10)17(22)23)19-16(21)14-7-11-4-6-15(14)20(9-11)18(24)25-2/h3,5,8,11,14-15H,4,6-7,9H2,1-2H3,(H,19,21)(H,22,23). The number of amides is 2. The summed E-state index contributed by atoms with van der Waals surface area (Å²) < 4.78 is 4.83. The lowest BCUT2D eigenvalue weighted by atomic mass is 9.72. The van der Waals surface area contributed by atoms with Gasteiger partial charge in [0.15, 0.2) is 0 Å². The molecule has 2 amide bonds. The van der Waals surface area contributed by atoms with Crippen LogP contribution >= 0.6 is 0 Å². The van der Waals surface area contributed by atoms with Crippen molar-refractivity contribution >= 4 is 23.7 Å². The number of carbonyl (C=O) groups excluding carboxylic acids is 2. The summed E-state index contributed by atoms with van der Waals surface area (Å²) in [6, 6.07) is 4.67. The first-order valence-electron chi connectivity index (χ1n) is 8.40. The van der Waals surface area contributed by atoms with E-state index in [4.69, 9.17) is 4.74 Å². The van der Waals surface area contributed by atoms with Gasteiger partial charge in [-0.2, -0.15) is 0 Å². The number of rotatable bonds is 3. The minimum atomic E-state index is -1.03. The number of nitrogens with one attached hydrogen (secondary N) is 1. The van der Waals surface area contributed by atoms with Gasteiger partial charge in [-0.3, -0.25) is 4.79 Å². The molecule has 4 rings (SSSR count). The molecular formula is C18H22N2O5. The average Bonchev–Trinajstić information content (AvgIpc) is 2.62. The highest BCUT2D eigenvalue weighted by atomic mass is 16.5. The van der Waals surface area contributed by atoms with Crippen LogP contribution in [-0.2, 0) is 9.53 Å². The second kappa shape index (κ2) is 6.74. The molecule has 2 aliphatic heterocycles. The van der Waals surface area contributed by atoms with Crippen LogP contribution in [0.25, 0.3) is 0 Å². The predicted molar refractivity (Wildman–Crippen MR) is 90.5 cm³/mol. The smallest absolute Gasteiger partial charge is 0.409 e. The highest BCUT2D eigenvalue weighted by Gasteiger charge is 2.46. The highest BCUT2D eigenvalue weighted by Crippen LogP contribution is 2.40. The quantitative estimate of drug-likeness (QED) is 0.877. The fourth-order valence-corrected chi connectivity index (χ4v) is 3.97. The van der Waals surface area contributed by atoms with Gasteiger partial charge in [0.1, 0.15) is 0 Å². The maximum Gasteiger partial charge on any atom is 0.409 e. The molecule has 134 valence electrons. The van der Waals surface area contributed by atoms with Crippen molar-refractivity contribution in [2.75, 3.05) is 19.0 Å². The van der Waals surface area contributed by atoms with Crippen LogP contribution in [0, 0.1) is 18.8 Å². The third-order valence-corrected chi connectivity index (χ3v) is 5.26. The van der Waals surface area contributed by atoms with Gasteiger partial charge in [-0.1, -0.05) is 6.07 Å². The number of fused-ring (bicyclic) bond motifs is 3. The second-order valence-electron chi connectivity index (χ2n) is 6.80. The lowest BCUT2D eigenvalue weighted by Gasteiger charge is -2.48. The minimum absolute atomic E-state index is 0.165. The van der Waals surface area contributed by atoms with E-state index in [9.17, 15) is 19.5 Å². The Morgan fingerprint density at radius 3 is 2.68 bits per heavy atom. The Morgan fingerprint density at radius 2 is 2.04 bits per heavy atom. The number of hydrogen-bond donors (Lipinski definition) is 2. The fourth-order valence-electron chi connectivity index (χ4n) is 3.97. The molecule has 1 saturated carbocycles. The molecule has 2 saturated heterocycles. The molecule has 0 aromatic heterocycles. The summed E-state index contributed by atoms with van der Waals surface area (Å²) in [7, 11) is 1.35. The number of hydrogen-bond acceptors (Lipinski definition) is 4. The summed E-state index contributed by atoms with van der Waals surface area (Å²) in [6.07, 6.45) is 2.14. The van der Waals surface area contributed by atoms with E-state index in [2.05, 4.69) is 5.32 Å². The lowest BCUT2D eigenvalue weighted by Crippen LogP contribution is -2.57. The molecule has 2 heterocycles. The SMILES string of the molecule is COC(=O)N1CC2CCC1C(C(=O)Nc1ccc(C)c(C(=O)O)c1)C2. The van der Waals surface area contributed by atoms with E-state index < -0.39 is 12.1 Å². The molecule has 7 nitrogen and oxygen atoms in total. The van der Waals surface area contributed by atoms with Crippen molar-refractivity contribution in [1.29, 1.82) is 0 Å². The number of methoxy groups -OCH3 is 1. The van der Waals surface area contributed by atoms with Gasteiger partial charge in [-0.25, -0.2) is 9.59 Å². The zero-order valence-corrected chi connectivity index (χ0v) is 14.3. The van der Waals surface area contributed by atoms with Crippen molar-refractivity contribution in [2.45, 2.75) is 32.2 Å². The number of nitrogens with zero attached hydrogens (tertiary/aromatic N) is 1. The van der Waals surface area contributed by atoms with Gasteiger partial charge >= 0.3 is 12.1 Å². The van der Waals surface area contributed by atoms with Gasteiger partial charge in [0, 0.05) is 18.3 Å². The van der Waals surface area contributed by atoms with E-state index in [-0.39, 0.29) is 23.4 Å². The number of ether oxygens (including phenoxy) is 1. The summed E-state index contributed by atoms with van der Waals surface area (Å²) in [5.74, 6) is -1.21. The van der Waals surface area contributed by atoms with Gasteiger partial charge in [-0.15, -0.1) is 0 Å². The molecule has 0 spiro atoms. The van der Waals surface area contributed by atoms with Gasteiger partial charge in [0.05, 0.1) is 18.6 Å². The topological polar surface area (TPSA) is 95.9 Å². The zero-order chi connectivity index (χ0) is 18.1. The van der Waals surface area contributed by atoms with E-state index in [0.717, 1.165) is 19.3 Å². The Labute approximate surface area is 146 Å². The number of carbonyl (C=O) groups is 3. The zero-order valence-electron chi connectivity index (χ0n) is 14.3. The molecule has 3 unspecified atom stereocenters. The van der Waals surface area contributed by atoms with Crippen molar-refractivity contribution in [3.63, 3.8) is 0 Å². The predicted octanol–water partition coefficient (Wildman–Crippen LogP) is 2.50. The maximum atomic E-state index is 12.7. The summed E-state index contributed by atoms with van der Waals surface area (Å²) in [5.41, 5.74) is 1.26. The molecule has 1 aromatic rings. The Morgan fingerprint density at radius 1 is 1.28 bits per heavy atom. The largest absolute Gasteiger partial charge is 0.478 e. The van der Waals surface area contributed by atoms with Gasteiger partial charge < -0.3 is 20.1 Å². The third-order valence-electron chi connectivity index (χ3n) is 5.26. The van der Waals surface area contributed by atoms with E-state index in [0.29, 0.717) is 23.7 Å². The van der Waals surface area contributed by atoms with Crippen LogP contribution in [0.3, 0.4) is 0 Å². The Bertz CT molecular complexity index is 717. The first kappa shape index (κ1) is 17.3. The van der Waals surface area contributed by atoms with Crippen molar-refractivity contribution in [1.82, 2.24) is 4.90 Å². The number of benzene rings is 1. The Kier molecular flexibility index (Phi) is 4.65. The number of aryl methyl sites for hydroxylation is 1. The molecule has 3 fully saturated rings. The highest BCUT2D eigenvalue weighted by molar-refractivity contribution is 5.96. The molecule has 1 aliphatic carbocycles. The molecule has 3 atom stereocenters. The molecule has 2 bridgehead atoms. The molecule has 3 aliphatic rings. The van der Waals surface area contributed by atoms with Crippen LogP contribution in [0.2, 0.25) is 0 Å². The molecule has 7 heteroatoms. The minimum Gasteiger partial charge on any atom is -0.478 e. The maximum absolute atomic E-state index is 12.7. The van der Waals surface area contributed by atoms with E-state index in [1.165, 1.54) is 13.2 Å². The molecule has 0 radical (unpaired) electrons. The van der Waals surface area contributed by atoms with Crippen molar-refractivity contribution in [3.8, 4) is 0 Å². The Hall–Kier alpha value is -2.57. The van der Waals surface area contributed by atoms with Crippen molar-refractivity contribution in [2.24, 2.45) is 11.8 Å². The molecule has 2 N–H and O–H groups in total. The van der Waals surface area contributed by atoms with E-state index >= 15 is 0 Å². The fraction of sp³-hybridized carbons (Fsp3) is 0.500. The monoisotopic (exact) mass is 346 g/mol. The molecular weight excluding hydrogens is 324 g/mol. The summed E-state index contributed by atoms with van der Waals surface area (Å²) in [4.78, 5) is 37.6. The van der Waals surface area contributed by atoms with Crippen LogP contribution in [0.4, 0.5) is 10.5 Å². The number of carboxylic acid groups (broad SMARTS) is 1. The van der Waals surface area contributed by atoms with Gasteiger partial charge in [-0.05, 0) is 49.8 Å². The average molecular weight is 346 g/mol. The number of carboxylic acids is 1. The number of aromatic carboxylic acids is 1. The first-order chi connectivity index (χ1) is 11.9. The van der Waals surface area contributed by atoms with Crippen LogP contribution in [0.5, 0.6) is 0 Å². The summed E-state index contributed by atoms with van der Waals surface area (Å²) in [5, 5.41) is 12.0. The van der Waals surface area contributed by atoms with Crippen molar-refractivity contribution < 1.29 is 24.2 Å². The van der Waals surface area contributed by atoms with E-state index in [1.54, 1.807) is 24.0 Å². The lowest BCUT2D eigenvalue weighted by molar-refractivity contribution is -0.126. The molecule has 1 aromatic carbocycles. The number of piperidine rings is 2. The van der Waals surface area contributed by atoms with E-state index in [1.807, 2.05) is 0 Å². The number of anilines is 1. The van der Waals surface area contributed by atoms with Gasteiger partial charge in [0.25, 0.3) is 0 Å². The van der Waals surface area contributed by atoms with Crippen molar-refractivity contribution in [3.05, 3.63) is 29.3 Å². The third kappa shape index (κ3) is 3.31. The normalized spacial score (nSPS) is 24.7. The summed E-state index contributed by atoms with van der Waals surface area (Å²) >= 11 is 0. The first-order valence-corrected chi connectivity index (χ1v) is 8.40. The van der Waals surface area contributed by atoms with Crippen LogP contribution < -0.4 is 5.32 Å². The van der Waals surface area contributed by atoms with Crippen LogP contribution in [0.1, 0.15) is 35.2 Å². The molecule has 25 heavy (non-hydrogen) atoms. The summed E-state index contributed by atoms with van der Waals surface area (Å²) in [6.45, 7) is 2.35. The Balaban J connectivity index is 1.76. The van der Waals surface area contributed by atoms with Gasteiger partial charge in [0.2, 0.25) is 5.91 Å². The van der Waals surface area contributed by atoms with Crippen LogP contribution in [-0.4, -0.2) is 47.7 Å². The van der Waals surface area contributed by atoms with Crippen LogP contribution in [0.15, 0.2) is 18.2 Å². The second-order valence-corrected chi connectivity index (χ2v) is 6.80.